The number of rotatable bonds is 12. The lowest BCUT2D eigenvalue weighted by Gasteiger charge is -2.26. The summed E-state index contributed by atoms with van der Waals surface area (Å²) in [7, 11) is 0. The largest absolute Gasteiger partial charge is 0.343 e. The van der Waals surface area contributed by atoms with E-state index in [0.29, 0.717) is 18.6 Å². The van der Waals surface area contributed by atoms with Crippen LogP contribution in [0.25, 0.3) is 0 Å². The molecule has 0 amide bonds. The van der Waals surface area contributed by atoms with Crippen LogP contribution in [-0.4, -0.2) is 21.3 Å². The van der Waals surface area contributed by atoms with E-state index in [-0.39, 0.29) is 24.8 Å². The molecule has 0 radical (unpaired) electrons. The second kappa shape index (κ2) is 10.8. The van der Waals surface area contributed by atoms with E-state index >= 15 is 0 Å². The Morgan fingerprint density at radius 1 is 0.840 bits per heavy atom. The molecule has 0 bridgehead atoms. The van der Waals surface area contributed by atoms with Gasteiger partial charge in [0.05, 0.1) is 0 Å². The Kier molecular flexibility index (Phi) is 9.46. The molecule has 1 atom stereocenters. The molecule has 1 aromatic carbocycles. The van der Waals surface area contributed by atoms with Gasteiger partial charge in [0.25, 0.3) is 5.97 Å². The maximum absolute atomic E-state index is 13.6. The highest BCUT2D eigenvalue weighted by molar-refractivity contribution is 5.20. The third-order valence-electron chi connectivity index (χ3n) is 4.54. The standard InChI is InChI=1S/C19H29F3O3/c1-2-3-4-5-6-7-9-14(19(23,24)25)10-8-11-16-17(21)12-15(20)13-18(16)22/h12-14,23-25H,2-11H2,1H3. The van der Waals surface area contributed by atoms with Crippen molar-refractivity contribution in [2.24, 2.45) is 5.92 Å². The minimum atomic E-state index is -2.80. The summed E-state index contributed by atoms with van der Waals surface area (Å²) in [6.45, 7) is 2.13. The fourth-order valence-corrected chi connectivity index (χ4v) is 3.04. The Bertz CT molecular complexity index is 492. The minimum Gasteiger partial charge on any atom is -0.343 e. The number of hydrogen-bond acceptors (Lipinski definition) is 3. The van der Waals surface area contributed by atoms with Crippen LogP contribution in [-0.2, 0) is 6.42 Å². The second-order valence-corrected chi connectivity index (χ2v) is 6.68. The first kappa shape index (κ1) is 21.9. The summed E-state index contributed by atoms with van der Waals surface area (Å²) >= 11 is 0. The van der Waals surface area contributed by atoms with Crippen molar-refractivity contribution in [1.29, 1.82) is 0 Å². The van der Waals surface area contributed by atoms with E-state index in [0.717, 1.165) is 32.1 Å². The number of halogens is 3. The predicted molar refractivity (Wildman–Crippen MR) is 90.1 cm³/mol. The number of benzene rings is 1. The molecule has 0 aromatic heterocycles. The van der Waals surface area contributed by atoms with Crippen molar-refractivity contribution < 1.29 is 28.5 Å². The predicted octanol–water partition coefficient (Wildman–Crippen LogP) is 4.42. The van der Waals surface area contributed by atoms with Crippen LogP contribution in [0.4, 0.5) is 13.2 Å². The smallest absolute Gasteiger partial charge is 0.278 e. The summed E-state index contributed by atoms with van der Waals surface area (Å²) in [4.78, 5) is 0. The monoisotopic (exact) mass is 362 g/mol. The Hall–Kier alpha value is -1.11. The van der Waals surface area contributed by atoms with Gasteiger partial charge in [-0.1, -0.05) is 45.4 Å². The lowest BCUT2D eigenvalue weighted by Crippen LogP contribution is -2.37. The van der Waals surface area contributed by atoms with Gasteiger partial charge in [-0.05, 0) is 25.7 Å². The van der Waals surface area contributed by atoms with Crippen molar-refractivity contribution in [2.45, 2.75) is 77.1 Å². The minimum absolute atomic E-state index is 0.00102. The fraction of sp³-hybridized carbons (Fsp3) is 0.684. The Labute approximate surface area is 147 Å². The Morgan fingerprint density at radius 3 is 1.92 bits per heavy atom. The highest BCUT2D eigenvalue weighted by Gasteiger charge is 2.31. The molecule has 0 heterocycles. The zero-order valence-corrected chi connectivity index (χ0v) is 14.8. The second-order valence-electron chi connectivity index (χ2n) is 6.68. The highest BCUT2D eigenvalue weighted by Crippen LogP contribution is 2.26. The van der Waals surface area contributed by atoms with Crippen molar-refractivity contribution in [3.05, 3.63) is 35.1 Å². The van der Waals surface area contributed by atoms with Gasteiger partial charge in [-0.15, -0.1) is 0 Å². The van der Waals surface area contributed by atoms with Gasteiger partial charge in [-0.3, -0.25) is 0 Å². The first-order chi connectivity index (χ1) is 11.8. The van der Waals surface area contributed by atoms with E-state index in [1.54, 1.807) is 0 Å². The number of unbranched alkanes of at least 4 members (excludes halogenated alkanes) is 5. The van der Waals surface area contributed by atoms with Crippen molar-refractivity contribution in [3.63, 3.8) is 0 Å². The SMILES string of the molecule is CCCCCCCCC(CCCc1c(F)cc(F)cc1F)C(O)(O)O. The molecule has 0 aliphatic heterocycles. The van der Waals surface area contributed by atoms with Crippen LogP contribution in [0, 0.1) is 23.4 Å². The van der Waals surface area contributed by atoms with Crippen LogP contribution in [0.5, 0.6) is 0 Å². The van der Waals surface area contributed by atoms with Crippen molar-refractivity contribution in [2.75, 3.05) is 0 Å². The van der Waals surface area contributed by atoms with E-state index in [2.05, 4.69) is 6.92 Å². The molecule has 0 spiro atoms. The molecule has 144 valence electrons. The molecule has 0 saturated heterocycles. The summed E-state index contributed by atoms with van der Waals surface area (Å²) in [6.07, 6.45) is 7.07. The summed E-state index contributed by atoms with van der Waals surface area (Å²) < 4.78 is 40.1. The zero-order valence-electron chi connectivity index (χ0n) is 14.8. The maximum Gasteiger partial charge on any atom is 0.278 e. The van der Waals surface area contributed by atoms with Crippen LogP contribution < -0.4 is 0 Å². The topological polar surface area (TPSA) is 60.7 Å². The molecule has 3 N–H and O–H groups in total. The average Bonchev–Trinajstić information content (AvgIpc) is 2.49. The molecule has 25 heavy (non-hydrogen) atoms. The van der Waals surface area contributed by atoms with Gasteiger partial charge < -0.3 is 15.3 Å². The van der Waals surface area contributed by atoms with Gasteiger partial charge in [0.1, 0.15) is 17.5 Å². The van der Waals surface area contributed by atoms with Crippen molar-refractivity contribution in [3.8, 4) is 0 Å². The zero-order chi connectivity index (χ0) is 18.9. The fourth-order valence-electron chi connectivity index (χ4n) is 3.04. The quantitative estimate of drug-likeness (QED) is 0.381. The van der Waals surface area contributed by atoms with Crippen LogP contribution in [0.1, 0.15) is 70.3 Å². The normalized spacial score (nSPS) is 13.2. The van der Waals surface area contributed by atoms with Crippen LogP contribution in [0.3, 0.4) is 0 Å². The molecule has 0 aliphatic rings. The Morgan fingerprint density at radius 2 is 1.36 bits per heavy atom. The summed E-state index contributed by atoms with van der Waals surface area (Å²) in [5.41, 5.74) is -0.223. The van der Waals surface area contributed by atoms with E-state index in [1.807, 2.05) is 0 Å². The molecule has 3 nitrogen and oxygen atoms in total. The van der Waals surface area contributed by atoms with Crippen LogP contribution in [0.15, 0.2) is 12.1 Å². The van der Waals surface area contributed by atoms with Crippen LogP contribution >= 0.6 is 0 Å². The van der Waals surface area contributed by atoms with E-state index in [1.165, 1.54) is 6.42 Å². The molecule has 1 rings (SSSR count). The molecule has 1 aromatic rings. The third kappa shape index (κ3) is 8.21. The van der Waals surface area contributed by atoms with Gasteiger partial charge in [0, 0.05) is 23.6 Å². The van der Waals surface area contributed by atoms with E-state index in [4.69, 9.17) is 0 Å². The van der Waals surface area contributed by atoms with Crippen molar-refractivity contribution in [1.82, 2.24) is 0 Å². The first-order valence-electron chi connectivity index (χ1n) is 9.06. The first-order valence-corrected chi connectivity index (χ1v) is 9.06. The lowest BCUT2D eigenvalue weighted by atomic mass is 9.91. The molecule has 0 saturated carbocycles. The number of hydrogen-bond donors (Lipinski definition) is 3. The van der Waals surface area contributed by atoms with Gasteiger partial charge in [0.2, 0.25) is 0 Å². The molecular weight excluding hydrogens is 333 g/mol. The third-order valence-corrected chi connectivity index (χ3v) is 4.54. The summed E-state index contributed by atoms with van der Waals surface area (Å²) in [5.74, 6) is -6.46. The van der Waals surface area contributed by atoms with Gasteiger partial charge in [-0.2, -0.15) is 0 Å². The van der Waals surface area contributed by atoms with Gasteiger partial charge >= 0.3 is 0 Å². The maximum atomic E-state index is 13.6. The molecular formula is C19H29F3O3. The van der Waals surface area contributed by atoms with E-state index < -0.39 is 29.3 Å². The summed E-state index contributed by atoms with van der Waals surface area (Å²) in [5, 5.41) is 28.4. The molecule has 1 unspecified atom stereocenters. The molecule has 0 aliphatic carbocycles. The number of aliphatic hydroxyl groups is 3. The highest BCUT2D eigenvalue weighted by atomic mass is 19.1. The summed E-state index contributed by atoms with van der Waals surface area (Å²) in [6, 6.07) is 1.25. The molecule has 0 fully saturated rings. The average molecular weight is 362 g/mol. The van der Waals surface area contributed by atoms with E-state index in [9.17, 15) is 28.5 Å². The van der Waals surface area contributed by atoms with Gasteiger partial charge in [0.15, 0.2) is 0 Å². The van der Waals surface area contributed by atoms with Crippen molar-refractivity contribution >= 4 is 0 Å². The molecule has 6 heteroatoms. The Balaban J connectivity index is 2.46. The lowest BCUT2D eigenvalue weighted by molar-refractivity contribution is -0.344. The van der Waals surface area contributed by atoms with Crippen LogP contribution in [0.2, 0.25) is 0 Å². The van der Waals surface area contributed by atoms with Gasteiger partial charge in [-0.25, -0.2) is 13.2 Å².